The van der Waals surface area contributed by atoms with Gasteiger partial charge >= 0.3 is 0 Å². The van der Waals surface area contributed by atoms with E-state index in [1.54, 1.807) is 18.3 Å². The Morgan fingerprint density at radius 3 is 2.57 bits per heavy atom. The largest absolute Gasteiger partial charge is 0.351 e. The van der Waals surface area contributed by atoms with E-state index in [-0.39, 0.29) is 23.9 Å². The van der Waals surface area contributed by atoms with Crippen molar-refractivity contribution in [3.63, 3.8) is 0 Å². The molecule has 1 aromatic heterocycles. The molecule has 0 unspecified atom stereocenters. The highest BCUT2D eigenvalue weighted by molar-refractivity contribution is 7.89. The summed E-state index contributed by atoms with van der Waals surface area (Å²) in [5, 5.41) is 7.43. The van der Waals surface area contributed by atoms with E-state index in [1.807, 2.05) is 41.9 Å². The first kappa shape index (κ1) is 22.0. The number of nitrogens with zero attached hydrogens (tertiary/aromatic N) is 2. The van der Waals surface area contributed by atoms with Crippen molar-refractivity contribution in [1.82, 2.24) is 19.8 Å². The average molecular weight is 447 g/mol. The Balaban J connectivity index is 1.57. The van der Waals surface area contributed by atoms with Crippen LogP contribution in [0.2, 0.25) is 5.02 Å². The summed E-state index contributed by atoms with van der Waals surface area (Å²) in [5.41, 5.74) is 2.42. The lowest BCUT2D eigenvalue weighted by Gasteiger charge is -2.10. The van der Waals surface area contributed by atoms with E-state index in [4.69, 9.17) is 11.6 Å². The third kappa shape index (κ3) is 5.47. The standard InChI is InChI=1S/C21H23ClN4O3S/c1-2-20-19(14-24-26(20)15-16-7-4-3-5-8-16)21(27)23-11-12-25-30(28,29)18-10-6-9-17(22)13-18/h3-10,13-14,25H,2,11-12,15H2,1H3,(H,23,27). The summed E-state index contributed by atoms with van der Waals surface area (Å²) in [7, 11) is -3.69. The number of hydrogen-bond donors (Lipinski definition) is 2. The molecule has 2 aromatic carbocycles. The highest BCUT2D eigenvalue weighted by Crippen LogP contribution is 2.15. The van der Waals surface area contributed by atoms with E-state index in [9.17, 15) is 13.2 Å². The number of carbonyl (C=O) groups excluding carboxylic acids is 1. The van der Waals surface area contributed by atoms with E-state index >= 15 is 0 Å². The van der Waals surface area contributed by atoms with Crippen LogP contribution in [0.15, 0.2) is 65.7 Å². The Hall–Kier alpha value is -2.68. The Morgan fingerprint density at radius 1 is 1.10 bits per heavy atom. The molecule has 1 amide bonds. The van der Waals surface area contributed by atoms with Crippen LogP contribution in [-0.4, -0.2) is 37.2 Å². The fourth-order valence-corrected chi connectivity index (χ4v) is 4.37. The smallest absolute Gasteiger partial charge is 0.254 e. The van der Waals surface area contributed by atoms with Gasteiger partial charge in [0.25, 0.3) is 5.91 Å². The number of amides is 1. The molecule has 9 heteroatoms. The van der Waals surface area contributed by atoms with E-state index in [0.29, 0.717) is 23.6 Å². The van der Waals surface area contributed by atoms with E-state index in [0.717, 1.165) is 11.3 Å². The van der Waals surface area contributed by atoms with Gasteiger partial charge in [-0.15, -0.1) is 0 Å². The monoisotopic (exact) mass is 446 g/mol. The van der Waals surface area contributed by atoms with Gasteiger partial charge in [-0.1, -0.05) is 54.9 Å². The van der Waals surface area contributed by atoms with Crippen molar-refractivity contribution in [3.05, 3.63) is 82.6 Å². The van der Waals surface area contributed by atoms with Crippen LogP contribution in [0, 0.1) is 0 Å². The zero-order chi connectivity index (χ0) is 21.6. The van der Waals surface area contributed by atoms with Crippen LogP contribution in [0.5, 0.6) is 0 Å². The molecule has 0 saturated heterocycles. The summed E-state index contributed by atoms with van der Waals surface area (Å²) >= 11 is 5.85. The lowest BCUT2D eigenvalue weighted by Crippen LogP contribution is -2.35. The van der Waals surface area contributed by atoms with Crippen molar-refractivity contribution in [3.8, 4) is 0 Å². The van der Waals surface area contributed by atoms with Gasteiger partial charge in [0.2, 0.25) is 10.0 Å². The first-order valence-corrected chi connectivity index (χ1v) is 11.4. The highest BCUT2D eigenvalue weighted by atomic mass is 35.5. The minimum Gasteiger partial charge on any atom is -0.351 e. The summed E-state index contributed by atoms with van der Waals surface area (Å²) in [5.74, 6) is -0.284. The van der Waals surface area contributed by atoms with Gasteiger partial charge in [0.1, 0.15) is 0 Å². The lowest BCUT2D eigenvalue weighted by atomic mass is 10.1. The third-order valence-corrected chi connectivity index (χ3v) is 6.21. The molecule has 7 nitrogen and oxygen atoms in total. The quantitative estimate of drug-likeness (QED) is 0.494. The SMILES string of the molecule is CCc1c(C(=O)NCCNS(=O)(=O)c2cccc(Cl)c2)cnn1Cc1ccccc1. The maximum Gasteiger partial charge on any atom is 0.254 e. The molecule has 0 fully saturated rings. The molecule has 0 aliphatic heterocycles. The molecule has 0 atom stereocenters. The van der Waals surface area contributed by atoms with Crippen LogP contribution >= 0.6 is 11.6 Å². The summed E-state index contributed by atoms with van der Waals surface area (Å²) in [6.45, 7) is 2.75. The molecule has 0 radical (unpaired) electrons. The van der Waals surface area contributed by atoms with Crippen molar-refractivity contribution >= 4 is 27.5 Å². The van der Waals surface area contributed by atoms with Crippen LogP contribution in [0.3, 0.4) is 0 Å². The number of halogens is 1. The molecule has 30 heavy (non-hydrogen) atoms. The lowest BCUT2D eigenvalue weighted by molar-refractivity contribution is 0.0953. The maximum absolute atomic E-state index is 12.6. The molecule has 0 aliphatic rings. The van der Waals surface area contributed by atoms with Crippen molar-refractivity contribution in [2.45, 2.75) is 24.8 Å². The number of benzene rings is 2. The van der Waals surface area contributed by atoms with Gasteiger partial charge in [-0.3, -0.25) is 9.48 Å². The van der Waals surface area contributed by atoms with Gasteiger partial charge in [-0.2, -0.15) is 5.10 Å². The minimum atomic E-state index is -3.69. The first-order chi connectivity index (χ1) is 14.4. The topological polar surface area (TPSA) is 93.1 Å². The number of aromatic nitrogens is 2. The van der Waals surface area contributed by atoms with E-state index in [1.165, 1.54) is 12.1 Å². The number of sulfonamides is 1. The fourth-order valence-electron chi connectivity index (χ4n) is 3.04. The van der Waals surface area contributed by atoms with Gasteiger partial charge in [0, 0.05) is 18.1 Å². The minimum absolute atomic E-state index is 0.0558. The second-order valence-corrected chi connectivity index (χ2v) is 8.82. The van der Waals surface area contributed by atoms with E-state index in [2.05, 4.69) is 15.1 Å². The zero-order valence-corrected chi connectivity index (χ0v) is 18.1. The molecule has 0 spiro atoms. The van der Waals surface area contributed by atoms with Crippen molar-refractivity contribution in [2.75, 3.05) is 13.1 Å². The van der Waals surface area contributed by atoms with Gasteiger partial charge in [0.15, 0.2) is 0 Å². The molecule has 3 rings (SSSR count). The predicted octanol–water partition coefficient (Wildman–Crippen LogP) is 2.86. The summed E-state index contributed by atoms with van der Waals surface area (Å²) in [6, 6.07) is 15.9. The third-order valence-electron chi connectivity index (χ3n) is 4.51. The molecule has 0 bridgehead atoms. The second kappa shape index (κ2) is 9.88. The Bertz CT molecular complexity index is 1110. The van der Waals surface area contributed by atoms with Gasteiger partial charge in [0.05, 0.1) is 28.9 Å². The molecule has 3 aromatic rings. The van der Waals surface area contributed by atoms with Crippen LogP contribution < -0.4 is 10.0 Å². The van der Waals surface area contributed by atoms with Crippen LogP contribution in [0.25, 0.3) is 0 Å². The molecule has 0 aliphatic carbocycles. The van der Waals surface area contributed by atoms with Gasteiger partial charge < -0.3 is 5.32 Å². The molecule has 0 saturated carbocycles. The van der Waals surface area contributed by atoms with Crippen LogP contribution in [-0.2, 0) is 23.0 Å². The Kier molecular flexibility index (Phi) is 7.25. The number of carbonyl (C=O) groups is 1. The fraction of sp³-hybridized carbons (Fsp3) is 0.238. The number of nitrogens with one attached hydrogen (secondary N) is 2. The Morgan fingerprint density at radius 2 is 1.87 bits per heavy atom. The summed E-state index contributed by atoms with van der Waals surface area (Å²) in [6.07, 6.45) is 2.20. The molecular formula is C21H23ClN4O3S. The number of hydrogen-bond acceptors (Lipinski definition) is 4. The molecule has 2 N–H and O–H groups in total. The average Bonchev–Trinajstić information content (AvgIpc) is 3.14. The number of rotatable bonds is 9. The normalized spacial score (nSPS) is 11.4. The van der Waals surface area contributed by atoms with Gasteiger partial charge in [-0.05, 0) is 30.2 Å². The zero-order valence-electron chi connectivity index (χ0n) is 16.5. The molecule has 1 heterocycles. The van der Waals surface area contributed by atoms with Crippen molar-refractivity contribution in [2.24, 2.45) is 0 Å². The van der Waals surface area contributed by atoms with Crippen molar-refractivity contribution in [1.29, 1.82) is 0 Å². The molecule has 158 valence electrons. The second-order valence-electron chi connectivity index (χ2n) is 6.61. The predicted molar refractivity (Wildman–Crippen MR) is 116 cm³/mol. The van der Waals surface area contributed by atoms with Crippen LogP contribution in [0.1, 0.15) is 28.5 Å². The van der Waals surface area contributed by atoms with Crippen LogP contribution in [0.4, 0.5) is 0 Å². The molecular weight excluding hydrogens is 424 g/mol. The van der Waals surface area contributed by atoms with Gasteiger partial charge in [-0.25, -0.2) is 13.1 Å². The first-order valence-electron chi connectivity index (χ1n) is 9.52. The summed E-state index contributed by atoms with van der Waals surface area (Å²) < 4.78 is 28.8. The van der Waals surface area contributed by atoms with E-state index < -0.39 is 10.0 Å². The Labute approximate surface area is 181 Å². The van der Waals surface area contributed by atoms with Crippen molar-refractivity contribution < 1.29 is 13.2 Å². The highest BCUT2D eigenvalue weighted by Gasteiger charge is 2.17. The summed E-state index contributed by atoms with van der Waals surface area (Å²) in [4.78, 5) is 12.7. The maximum atomic E-state index is 12.6.